The van der Waals surface area contributed by atoms with Crippen LogP contribution in [0.4, 0.5) is 0 Å². The minimum Gasteiger partial charge on any atom is -0.355 e. The van der Waals surface area contributed by atoms with E-state index in [-0.39, 0.29) is 29.5 Å². The summed E-state index contributed by atoms with van der Waals surface area (Å²) in [4.78, 5) is 11.7. The van der Waals surface area contributed by atoms with Gasteiger partial charge in [0.1, 0.15) is 0 Å². The first-order chi connectivity index (χ1) is 7.94. The Balaban J connectivity index is 2.49. The molecule has 0 saturated carbocycles. The van der Waals surface area contributed by atoms with Crippen LogP contribution in [0.1, 0.15) is 33.1 Å². The van der Waals surface area contributed by atoms with Gasteiger partial charge in [-0.25, -0.2) is 8.42 Å². The number of nitrogens with one attached hydrogen (secondary N) is 2. The topological polar surface area (TPSA) is 75.3 Å². The Morgan fingerprint density at radius 3 is 2.82 bits per heavy atom. The smallest absolute Gasteiger partial charge is 0.237 e. The van der Waals surface area contributed by atoms with E-state index in [9.17, 15) is 13.2 Å². The fourth-order valence-electron chi connectivity index (χ4n) is 1.99. The quantitative estimate of drug-likeness (QED) is 0.735. The van der Waals surface area contributed by atoms with Crippen LogP contribution in [0.25, 0.3) is 0 Å². The zero-order chi connectivity index (χ0) is 12.9. The maximum atomic E-state index is 11.7. The summed E-state index contributed by atoms with van der Waals surface area (Å²) in [5, 5.41) is 5.93. The highest BCUT2D eigenvalue weighted by atomic mass is 32.2. The Hall–Kier alpha value is -0.620. The van der Waals surface area contributed by atoms with E-state index in [1.165, 1.54) is 0 Å². The summed E-state index contributed by atoms with van der Waals surface area (Å²) < 4.78 is 22.9. The van der Waals surface area contributed by atoms with Gasteiger partial charge in [-0.05, 0) is 26.2 Å². The van der Waals surface area contributed by atoms with Crippen LogP contribution >= 0.6 is 0 Å². The van der Waals surface area contributed by atoms with Crippen LogP contribution < -0.4 is 10.6 Å². The molecule has 2 unspecified atom stereocenters. The lowest BCUT2D eigenvalue weighted by Gasteiger charge is -2.20. The fraction of sp³-hybridized carbons (Fsp3) is 0.909. The average molecular weight is 262 g/mol. The summed E-state index contributed by atoms with van der Waals surface area (Å²) in [5.74, 6) is 0.228. The molecule has 1 amide bonds. The summed E-state index contributed by atoms with van der Waals surface area (Å²) in [6, 6.07) is -0.437. The first kappa shape index (κ1) is 14.4. The van der Waals surface area contributed by atoms with Gasteiger partial charge in [-0.1, -0.05) is 6.92 Å². The van der Waals surface area contributed by atoms with Crippen molar-refractivity contribution in [1.29, 1.82) is 0 Å². The molecule has 6 heteroatoms. The predicted molar refractivity (Wildman–Crippen MR) is 67.6 cm³/mol. The van der Waals surface area contributed by atoms with Gasteiger partial charge in [-0.2, -0.15) is 0 Å². The number of carbonyl (C=O) groups excluding carboxylic acids is 1. The average Bonchev–Trinajstić information content (AvgIpc) is 2.44. The second-order valence-corrected chi connectivity index (χ2v) is 7.00. The third-order valence-electron chi connectivity index (χ3n) is 2.96. The fourth-order valence-corrected chi connectivity index (χ4v) is 3.08. The van der Waals surface area contributed by atoms with Crippen LogP contribution in [0.2, 0.25) is 0 Å². The zero-order valence-electron chi connectivity index (χ0n) is 10.5. The molecule has 1 heterocycles. The minimum absolute atomic E-state index is 0.0109. The molecule has 1 fully saturated rings. The van der Waals surface area contributed by atoms with Crippen molar-refractivity contribution in [2.75, 3.05) is 18.1 Å². The van der Waals surface area contributed by atoms with Crippen molar-refractivity contribution >= 4 is 15.7 Å². The molecule has 1 aliphatic heterocycles. The standard InChI is InChI=1S/C11H22N2O3S/c1-3-17(15,16)8-9(2)13-10-6-4-5-7-12-11(10)14/h9-10,13H,3-8H2,1-2H3,(H,12,14). The van der Waals surface area contributed by atoms with Crippen LogP contribution in [-0.4, -0.2) is 44.5 Å². The van der Waals surface area contributed by atoms with Crippen molar-refractivity contribution in [2.45, 2.75) is 45.2 Å². The summed E-state index contributed by atoms with van der Waals surface area (Å²) in [7, 11) is -2.99. The number of rotatable bonds is 5. The summed E-state index contributed by atoms with van der Waals surface area (Å²) in [6.07, 6.45) is 2.76. The lowest BCUT2D eigenvalue weighted by Crippen LogP contribution is -2.48. The maximum absolute atomic E-state index is 11.7. The van der Waals surface area contributed by atoms with E-state index in [4.69, 9.17) is 0 Å². The molecule has 0 radical (unpaired) electrons. The molecule has 2 N–H and O–H groups in total. The van der Waals surface area contributed by atoms with Crippen LogP contribution in [0.15, 0.2) is 0 Å². The van der Waals surface area contributed by atoms with Gasteiger partial charge in [0, 0.05) is 18.3 Å². The largest absolute Gasteiger partial charge is 0.355 e. The SMILES string of the molecule is CCS(=O)(=O)CC(C)NC1CCCCNC1=O. The Bertz CT molecular complexity index is 354. The molecular formula is C11H22N2O3S. The molecule has 0 aromatic carbocycles. The number of amides is 1. The molecule has 0 aromatic heterocycles. The monoisotopic (exact) mass is 262 g/mol. The second-order valence-electron chi connectivity index (χ2n) is 4.61. The van der Waals surface area contributed by atoms with Crippen molar-refractivity contribution in [3.63, 3.8) is 0 Å². The number of hydrogen-bond donors (Lipinski definition) is 2. The molecule has 0 bridgehead atoms. The van der Waals surface area contributed by atoms with E-state index in [0.29, 0.717) is 0 Å². The molecule has 0 aromatic rings. The Kier molecular flexibility index (Phi) is 5.39. The molecular weight excluding hydrogens is 240 g/mol. The van der Waals surface area contributed by atoms with Gasteiger partial charge in [-0.3, -0.25) is 4.79 Å². The van der Waals surface area contributed by atoms with E-state index in [1.54, 1.807) is 6.92 Å². The molecule has 1 saturated heterocycles. The minimum atomic E-state index is -2.99. The maximum Gasteiger partial charge on any atom is 0.237 e. The third kappa shape index (κ3) is 5.04. The normalized spacial score (nSPS) is 23.9. The number of carbonyl (C=O) groups is 1. The van der Waals surface area contributed by atoms with Crippen LogP contribution in [0, 0.1) is 0 Å². The first-order valence-corrected chi connectivity index (χ1v) is 8.01. The third-order valence-corrected chi connectivity index (χ3v) is 4.85. The van der Waals surface area contributed by atoms with Crippen molar-refractivity contribution in [2.24, 2.45) is 0 Å². The number of sulfone groups is 1. The Labute approximate surface area is 103 Å². The summed E-state index contributed by atoms with van der Waals surface area (Å²) >= 11 is 0. The Morgan fingerprint density at radius 2 is 2.18 bits per heavy atom. The Morgan fingerprint density at radius 1 is 1.47 bits per heavy atom. The van der Waals surface area contributed by atoms with Gasteiger partial charge in [0.2, 0.25) is 5.91 Å². The van der Waals surface area contributed by atoms with Crippen LogP contribution in [0.5, 0.6) is 0 Å². The van der Waals surface area contributed by atoms with E-state index in [2.05, 4.69) is 10.6 Å². The highest BCUT2D eigenvalue weighted by Crippen LogP contribution is 2.07. The van der Waals surface area contributed by atoms with Gasteiger partial charge in [-0.15, -0.1) is 0 Å². The van der Waals surface area contributed by atoms with Gasteiger partial charge >= 0.3 is 0 Å². The highest BCUT2D eigenvalue weighted by molar-refractivity contribution is 7.91. The molecule has 0 aliphatic carbocycles. The molecule has 5 nitrogen and oxygen atoms in total. The molecule has 1 aliphatic rings. The van der Waals surface area contributed by atoms with Gasteiger partial charge in [0.05, 0.1) is 11.8 Å². The van der Waals surface area contributed by atoms with Crippen molar-refractivity contribution in [3.8, 4) is 0 Å². The molecule has 0 spiro atoms. The van der Waals surface area contributed by atoms with Gasteiger partial charge in [0.25, 0.3) is 0 Å². The van der Waals surface area contributed by atoms with Gasteiger partial charge < -0.3 is 10.6 Å². The first-order valence-electron chi connectivity index (χ1n) is 6.19. The van der Waals surface area contributed by atoms with Crippen molar-refractivity contribution in [1.82, 2.24) is 10.6 Å². The number of hydrogen-bond acceptors (Lipinski definition) is 4. The lowest BCUT2D eigenvalue weighted by atomic mass is 10.1. The van der Waals surface area contributed by atoms with Crippen LogP contribution in [0.3, 0.4) is 0 Å². The van der Waals surface area contributed by atoms with E-state index in [1.807, 2.05) is 6.92 Å². The lowest BCUT2D eigenvalue weighted by molar-refractivity contribution is -0.123. The van der Waals surface area contributed by atoms with Crippen LogP contribution in [-0.2, 0) is 14.6 Å². The zero-order valence-corrected chi connectivity index (χ0v) is 11.3. The van der Waals surface area contributed by atoms with Gasteiger partial charge in [0.15, 0.2) is 9.84 Å². The van der Waals surface area contributed by atoms with E-state index < -0.39 is 9.84 Å². The summed E-state index contributed by atoms with van der Waals surface area (Å²) in [5.41, 5.74) is 0. The second kappa shape index (κ2) is 6.35. The summed E-state index contributed by atoms with van der Waals surface area (Å²) in [6.45, 7) is 4.17. The van der Waals surface area contributed by atoms with E-state index >= 15 is 0 Å². The molecule has 1 rings (SSSR count). The van der Waals surface area contributed by atoms with E-state index in [0.717, 1.165) is 25.8 Å². The molecule has 17 heavy (non-hydrogen) atoms. The van der Waals surface area contributed by atoms with Crippen molar-refractivity contribution in [3.05, 3.63) is 0 Å². The molecule has 2 atom stereocenters. The predicted octanol–water partition coefficient (Wildman–Crippen LogP) is 0.0679. The van der Waals surface area contributed by atoms with Crippen molar-refractivity contribution < 1.29 is 13.2 Å². The molecule has 100 valence electrons. The highest BCUT2D eigenvalue weighted by Gasteiger charge is 2.23.